The molecule has 0 amide bonds. The van der Waals surface area contributed by atoms with E-state index in [2.05, 4.69) is 14.7 Å². The van der Waals surface area contributed by atoms with Crippen molar-refractivity contribution in [1.82, 2.24) is 9.97 Å². The minimum atomic E-state index is -0.909. The summed E-state index contributed by atoms with van der Waals surface area (Å²) in [5.74, 6) is -1.53. The molecule has 0 fully saturated rings. The van der Waals surface area contributed by atoms with E-state index in [0.29, 0.717) is 0 Å². The molecule has 7 heteroatoms. The molecule has 0 spiro atoms. The van der Waals surface area contributed by atoms with E-state index in [9.17, 15) is 14.0 Å². The molecule has 0 radical (unpaired) electrons. The first kappa shape index (κ1) is 16.5. The number of carbonyl (C=O) groups excluding carboxylic acids is 2. The molecule has 6 nitrogen and oxygen atoms in total. The van der Waals surface area contributed by atoms with Gasteiger partial charge in [0.25, 0.3) is 0 Å². The summed E-state index contributed by atoms with van der Waals surface area (Å²) in [6, 6.07) is 7.40. The minimum absolute atomic E-state index is 0.131. The van der Waals surface area contributed by atoms with Crippen molar-refractivity contribution >= 4 is 11.8 Å². The normalized spacial score (nSPS) is 10.2. The summed E-state index contributed by atoms with van der Waals surface area (Å²) in [6.45, 7) is 1.94. The number of Topliss-reactive ketones (excluding diaryl/α,β-unsaturated/α-hetero) is 1. The predicted molar refractivity (Wildman–Crippen MR) is 78.1 cm³/mol. The summed E-state index contributed by atoms with van der Waals surface area (Å²) >= 11 is 0. The van der Waals surface area contributed by atoms with Crippen molar-refractivity contribution in [2.75, 3.05) is 6.61 Å². The molecular weight excluding hydrogens is 303 g/mol. The average Bonchev–Trinajstić information content (AvgIpc) is 2.55. The van der Waals surface area contributed by atoms with Gasteiger partial charge in [-0.1, -0.05) is 12.1 Å². The summed E-state index contributed by atoms with van der Waals surface area (Å²) in [6.07, 6.45) is 1.17. The van der Waals surface area contributed by atoms with E-state index >= 15 is 0 Å². The number of rotatable bonds is 7. The van der Waals surface area contributed by atoms with E-state index in [1.165, 1.54) is 24.4 Å². The third-order valence-electron chi connectivity index (χ3n) is 2.80. The van der Waals surface area contributed by atoms with E-state index < -0.39 is 11.8 Å². The van der Waals surface area contributed by atoms with Crippen LogP contribution in [0.1, 0.15) is 18.3 Å². The quantitative estimate of drug-likeness (QED) is 0.573. The fourth-order valence-corrected chi connectivity index (χ4v) is 1.71. The summed E-state index contributed by atoms with van der Waals surface area (Å²) in [5.41, 5.74) is 0.772. The molecule has 0 saturated heterocycles. The second-order valence-corrected chi connectivity index (χ2v) is 4.55. The van der Waals surface area contributed by atoms with Gasteiger partial charge in [-0.2, -0.15) is 4.98 Å². The highest BCUT2D eigenvalue weighted by Crippen LogP contribution is 2.10. The van der Waals surface area contributed by atoms with Crippen molar-refractivity contribution in [3.8, 4) is 5.88 Å². The molecule has 2 rings (SSSR count). The van der Waals surface area contributed by atoms with Crippen LogP contribution in [0.15, 0.2) is 36.5 Å². The van der Waals surface area contributed by atoms with Gasteiger partial charge in [-0.25, -0.2) is 14.2 Å². The first-order valence-electron chi connectivity index (χ1n) is 6.97. The predicted octanol–water partition coefficient (Wildman–Crippen LogP) is 1.87. The van der Waals surface area contributed by atoms with Crippen LogP contribution in [-0.4, -0.2) is 28.3 Å². The molecule has 1 aromatic carbocycles. The van der Waals surface area contributed by atoms with E-state index in [4.69, 9.17) is 4.74 Å². The number of benzene rings is 1. The molecule has 0 aliphatic heterocycles. The molecule has 0 bridgehead atoms. The highest BCUT2D eigenvalue weighted by molar-refractivity contribution is 6.33. The van der Waals surface area contributed by atoms with Crippen molar-refractivity contribution in [2.24, 2.45) is 0 Å². The average molecular weight is 318 g/mol. The van der Waals surface area contributed by atoms with Crippen LogP contribution in [0.3, 0.4) is 0 Å². The van der Waals surface area contributed by atoms with Gasteiger partial charge in [0.1, 0.15) is 18.2 Å². The van der Waals surface area contributed by atoms with E-state index in [1.807, 2.05) is 0 Å². The van der Waals surface area contributed by atoms with E-state index in [1.54, 1.807) is 19.1 Å². The SMILES string of the molecule is CCOC(=O)C(=O)Cc1nccc(OCc2ccc(F)cc2)n1. The molecule has 0 aliphatic rings. The highest BCUT2D eigenvalue weighted by Gasteiger charge is 2.17. The van der Waals surface area contributed by atoms with Gasteiger partial charge in [0.2, 0.25) is 11.7 Å². The zero-order chi connectivity index (χ0) is 16.7. The summed E-state index contributed by atoms with van der Waals surface area (Å²) in [7, 11) is 0. The summed E-state index contributed by atoms with van der Waals surface area (Å²) < 4.78 is 22.9. The molecule has 23 heavy (non-hydrogen) atoms. The van der Waals surface area contributed by atoms with Gasteiger partial charge in [-0.05, 0) is 24.6 Å². The number of carbonyl (C=O) groups is 2. The number of ether oxygens (including phenoxy) is 2. The molecule has 1 aromatic heterocycles. The first-order chi connectivity index (χ1) is 11.1. The molecule has 0 N–H and O–H groups in total. The third-order valence-corrected chi connectivity index (χ3v) is 2.80. The Bertz CT molecular complexity index is 689. The Balaban J connectivity index is 1.95. The van der Waals surface area contributed by atoms with E-state index in [-0.39, 0.29) is 37.2 Å². The van der Waals surface area contributed by atoms with Crippen LogP contribution in [0.4, 0.5) is 4.39 Å². The molecule has 120 valence electrons. The van der Waals surface area contributed by atoms with Crippen LogP contribution in [-0.2, 0) is 27.4 Å². The Morgan fingerprint density at radius 1 is 1.17 bits per heavy atom. The number of nitrogens with zero attached hydrogens (tertiary/aromatic N) is 2. The maximum atomic E-state index is 12.8. The topological polar surface area (TPSA) is 78.4 Å². The lowest BCUT2D eigenvalue weighted by atomic mass is 10.2. The van der Waals surface area contributed by atoms with Crippen LogP contribution >= 0.6 is 0 Å². The van der Waals surface area contributed by atoms with Crippen LogP contribution in [0, 0.1) is 5.82 Å². The number of halogens is 1. The monoisotopic (exact) mass is 318 g/mol. The zero-order valence-corrected chi connectivity index (χ0v) is 12.5. The maximum Gasteiger partial charge on any atom is 0.375 e. The van der Waals surface area contributed by atoms with Crippen molar-refractivity contribution in [1.29, 1.82) is 0 Å². The summed E-state index contributed by atoms with van der Waals surface area (Å²) in [5, 5.41) is 0. The van der Waals surface area contributed by atoms with Gasteiger partial charge in [-0.15, -0.1) is 0 Å². The number of hydrogen-bond donors (Lipinski definition) is 0. The van der Waals surface area contributed by atoms with Gasteiger partial charge in [-0.3, -0.25) is 4.79 Å². The van der Waals surface area contributed by atoms with Gasteiger partial charge < -0.3 is 9.47 Å². The van der Waals surface area contributed by atoms with Gasteiger partial charge in [0, 0.05) is 12.3 Å². The lowest BCUT2D eigenvalue weighted by Gasteiger charge is -2.06. The molecule has 0 saturated carbocycles. The Morgan fingerprint density at radius 3 is 2.61 bits per heavy atom. The van der Waals surface area contributed by atoms with Gasteiger partial charge in [0.05, 0.1) is 13.0 Å². The number of esters is 1. The second kappa shape index (κ2) is 7.98. The summed E-state index contributed by atoms with van der Waals surface area (Å²) in [4.78, 5) is 30.8. The molecule has 0 atom stereocenters. The second-order valence-electron chi connectivity index (χ2n) is 4.55. The molecule has 2 aromatic rings. The Labute approximate surface area is 132 Å². The van der Waals surface area contributed by atoms with Crippen LogP contribution in [0.5, 0.6) is 5.88 Å². The van der Waals surface area contributed by atoms with Crippen molar-refractivity contribution < 1.29 is 23.5 Å². The number of ketones is 1. The molecular formula is C16H15FN2O4. The van der Waals surface area contributed by atoms with E-state index in [0.717, 1.165) is 5.56 Å². The van der Waals surface area contributed by atoms with Crippen LogP contribution in [0.2, 0.25) is 0 Å². The van der Waals surface area contributed by atoms with Crippen LogP contribution < -0.4 is 4.74 Å². The molecule has 0 unspecified atom stereocenters. The van der Waals surface area contributed by atoms with Crippen molar-refractivity contribution in [3.05, 3.63) is 53.7 Å². The molecule has 0 aliphatic carbocycles. The largest absolute Gasteiger partial charge is 0.473 e. The first-order valence-corrected chi connectivity index (χ1v) is 6.97. The third kappa shape index (κ3) is 5.14. The molecule has 1 heterocycles. The van der Waals surface area contributed by atoms with Crippen LogP contribution in [0.25, 0.3) is 0 Å². The standard InChI is InChI=1S/C16H15FN2O4/c1-2-22-16(21)13(20)9-14-18-8-7-15(19-14)23-10-11-3-5-12(17)6-4-11/h3-8H,2,9-10H2,1H3. The maximum absolute atomic E-state index is 12.8. The Kier molecular flexibility index (Phi) is 5.74. The smallest absolute Gasteiger partial charge is 0.375 e. The zero-order valence-electron chi connectivity index (χ0n) is 12.5. The van der Waals surface area contributed by atoms with Gasteiger partial charge in [0.15, 0.2) is 0 Å². The fourth-order valence-electron chi connectivity index (χ4n) is 1.71. The number of aromatic nitrogens is 2. The lowest BCUT2D eigenvalue weighted by Crippen LogP contribution is -2.20. The Hall–Kier alpha value is -2.83. The Morgan fingerprint density at radius 2 is 1.91 bits per heavy atom. The van der Waals surface area contributed by atoms with Crippen molar-refractivity contribution in [2.45, 2.75) is 20.0 Å². The lowest BCUT2D eigenvalue weighted by molar-refractivity contribution is -0.153. The fraction of sp³-hybridized carbons (Fsp3) is 0.250. The van der Waals surface area contributed by atoms with Crippen molar-refractivity contribution in [3.63, 3.8) is 0 Å². The number of hydrogen-bond acceptors (Lipinski definition) is 6. The minimum Gasteiger partial charge on any atom is -0.473 e. The highest BCUT2D eigenvalue weighted by atomic mass is 19.1. The van der Waals surface area contributed by atoms with Gasteiger partial charge >= 0.3 is 5.97 Å².